The number of amides is 2. The van der Waals surface area contributed by atoms with Gasteiger partial charge in [-0.1, -0.05) is 13.3 Å². The first-order valence-corrected chi connectivity index (χ1v) is 7.33. The Labute approximate surface area is 114 Å². The van der Waals surface area contributed by atoms with Gasteiger partial charge >= 0.3 is 12.0 Å². The van der Waals surface area contributed by atoms with Gasteiger partial charge in [-0.3, -0.25) is 4.79 Å². The maximum atomic E-state index is 12.4. The van der Waals surface area contributed by atoms with Crippen molar-refractivity contribution in [1.29, 1.82) is 0 Å². The van der Waals surface area contributed by atoms with Crippen molar-refractivity contribution in [3.63, 3.8) is 0 Å². The minimum Gasteiger partial charge on any atom is -0.481 e. The Bertz CT molecular complexity index is 368. The van der Waals surface area contributed by atoms with Crippen LogP contribution in [0.25, 0.3) is 0 Å². The predicted molar refractivity (Wildman–Crippen MR) is 72.0 cm³/mol. The van der Waals surface area contributed by atoms with Crippen LogP contribution in [0, 0.1) is 5.41 Å². The standard InChI is InChI=1S/C14H24N2O3/c1-3-7-14(12(17)18)8-9-15(10-14)13(19)16(4-2)11-5-6-11/h11H,3-10H2,1-2H3,(H,17,18). The molecule has 1 N–H and O–H groups in total. The molecule has 0 aromatic heterocycles. The fourth-order valence-corrected chi connectivity index (χ4v) is 3.12. The van der Waals surface area contributed by atoms with Crippen LogP contribution in [0.1, 0.15) is 46.0 Å². The Hall–Kier alpha value is -1.26. The number of carboxylic acids is 1. The molecular weight excluding hydrogens is 244 g/mol. The Morgan fingerprint density at radius 1 is 1.37 bits per heavy atom. The molecule has 1 saturated heterocycles. The lowest BCUT2D eigenvalue weighted by atomic mass is 9.83. The smallest absolute Gasteiger partial charge is 0.320 e. The third-order valence-electron chi connectivity index (χ3n) is 4.38. The number of carbonyl (C=O) groups excluding carboxylic acids is 1. The molecule has 108 valence electrons. The van der Waals surface area contributed by atoms with Crippen LogP contribution in [-0.4, -0.2) is 52.6 Å². The summed E-state index contributed by atoms with van der Waals surface area (Å²) in [7, 11) is 0. The van der Waals surface area contributed by atoms with E-state index in [9.17, 15) is 14.7 Å². The quantitative estimate of drug-likeness (QED) is 0.831. The lowest BCUT2D eigenvalue weighted by Crippen LogP contribution is -2.45. The highest BCUT2D eigenvalue weighted by molar-refractivity contribution is 5.80. The summed E-state index contributed by atoms with van der Waals surface area (Å²) in [5.74, 6) is -0.751. The molecule has 0 radical (unpaired) electrons. The normalized spacial score (nSPS) is 26.5. The zero-order chi connectivity index (χ0) is 14.0. The average Bonchev–Trinajstić information content (AvgIpc) is 3.10. The second-order valence-corrected chi connectivity index (χ2v) is 5.81. The van der Waals surface area contributed by atoms with Crippen LogP contribution in [0.4, 0.5) is 4.79 Å². The van der Waals surface area contributed by atoms with Crippen molar-refractivity contribution < 1.29 is 14.7 Å². The van der Waals surface area contributed by atoms with Crippen LogP contribution in [0.3, 0.4) is 0 Å². The summed E-state index contributed by atoms with van der Waals surface area (Å²) in [6.07, 6.45) is 4.26. The average molecular weight is 268 g/mol. The molecule has 0 aromatic rings. The molecule has 1 aliphatic heterocycles. The van der Waals surface area contributed by atoms with E-state index in [1.165, 1.54) is 0 Å². The molecule has 19 heavy (non-hydrogen) atoms. The van der Waals surface area contributed by atoms with Gasteiger partial charge in [0.05, 0.1) is 5.41 Å². The highest BCUT2D eigenvalue weighted by Gasteiger charge is 2.47. The lowest BCUT2D eigenvalue weighted by molar-refractivity contribution is -0.148. The van der Waals surface area contributed by atoms with Crippen molar-refractivity contribution in [2.24, 2.45) is 5.41 Å². The molecule has 1 atom stereocenters. The van der Waals surface area contributed by atoms with E-state index in [4.69, 9.17) is 0 Å². The number of rotatable bonds is 5. The van der Waals surface area contributed by atoms with Gasteiger partial charge in [0.1, 0.15) is 0 Å². The maximum Gasteiger partial charge on any atom is 0.320 e. The van der Waals surface area contributed by atoms with E-state index in [2.05, 4.69) is 0 Å². The number of hydrogen-bond acceptors (Lipinski definition) is 2. The second-order valence-electron chi connectivity index (χ2n) is 5.81. The van der Waals surface area contributed by atoms with E-state index in [1.54, 1.807) is 4.90 Å². The van der Waals surface area contributed by atoms with Crippen LogP contribution >= 0.6 is 0 Å². The van der Waals surface area contributed by atoms with Crippen molar-refractivity contribution >= 4 is 12.0 Å². The molecule has 1 heterocycles. The number of carboxylic acid groups (broad SMARTS) is 1. The molecule has 0 spiro atoms. The number of aliphatic carboxylic acids is 1. The first kappa shape index (κ1) is 14.2. The Kier molecular flexibility index (Phi) is 4.02. The number of likely N-dealkylation sites (tertiary alicyclic amines) is 1. The van der Waals surface area contributed by atoms with Crippen LogP contribution in [0.5, 0.6) is 0 Å². The van der Waals surface area contributed by atoms with Gasteiger partial charge in [0, 0.05) is 25.7 Å². The predicted octanol–water partition coefficient (Wildman–Crippen LogP) is 2.17. The van der Waals surface area contributed by atoms with Gasteiger partial charge in [0.2, 0.25) is 0 Å². The van der Waals surface area contributed by atoms with Gasteiger partial charge in [-0.05, 0) is 32.6 Å². The van der Waals surface area contributed by atoms with Crippen LogP contribution in [0.15, 0.2) is 0 Å². The fraction of sp³-hybridized carbons (Fsp3) is 0.857. The molecule has 1 saturated carbocycles. The van der Waals surface area contributed by atoms with Crippen molar-refractivity contribution in [3.8, 4) is 0 Å². The summed E-state index contributed by atoms with van der Waals surface area (Å²) >= 11 is 0. The second kappa shape index (κ2) is 5.39. The van der Waals surface area contributed by atoms with Crippen molar-refractivity contribution in [2.45, 2.75) is 52.0 Å². The van der Waals surface area contributed by atoms with E-state index in [-0.39, 0.29) is 6.03 Å². The van der Waals surface area contributed by atoms with Crippen molar-refractivity contribution in [1.82, 2.24) is 9.80 Å². The van der Waals surface area contributed by atoms with Gasteiger partial charge in [-0.25, -0.2) is 4.79 Å². The molecule has 0 bridgehead atoms. The highest BCUT2D eigenvalue weighted by Crippen LogP contribution is 2.37. The zero-order valence-electron chi connectivity index (χ0n) is 11.9. The molecule has 2 fully saturated rings. The van der Waals surface area contributed by atoms with Gasteiger partial charge in [0.15, 0.2) is 0 Å². The van der Waals surface area contributed by atoms with E-state index >= 15 is 0 Å². The van der Waals surface area contributed by atoms with Crippen molar-refractivity contribution in [3.05, 3.63) is 0 Å². The number of nitrogens with zero attached hydrogens (tertiary/aromatic N) is 2. The van der Waals surface area contributed by atoms with Gasteiger partial charge in [-0.15, -0.1) is 0 Å². The highest BCUT2D eigenvalue weighted by atomic mass is 16.4. The molecular formula is C14H24N2O3. The van der Waals surface area contributed by atoms with E-state index in [1.807, 2.05) is 18.7 Å². The molecule has 1 aliphatic carbocycles. The van der Waals surface area contributed by atoms with E-state index in [0.717, 1.165) is 19.3 Å². The van der Waals surface area contributed by atoms with E-state index in [0.29, 0.717) is 38.5 Å². The summed E-state index contributed by atoms with van der Waals surface area (Å²) in [4.78, 5) is 27.6. The Morgan fingerprint density at radius 3 is 2.53 bits per heavy atom. The van der Waals surface area contributed by atoms with Crippen LogP contribution in [0.2, 0.25) is 0 Å². The topological polar surface area (TPSA) is 60.9 Å². The van der Waals surface area contributed by atoms with Gasteiger partial charge in [0.25, 0.3) is 0 Å². The van der Waals surface area contributed by atoms with Crippen molar-refractivity contribution in [2.75, 3.05) is 19.6 Å². The third kappa shape index (κ3) is 2.69. The summed E-state index contributed by atoms with van der Waals surface area (Å²) in [6.45, 7) is 5.65. The van der Waals surface area contributed by atoms with Gasteiger partial charge < -0.3 is 14.9 Å². The summed E-state index contributed by atoms with van der Waals surface area (Å²) < 4.78 is 0. The number of urea groups is 1. The van der Waals surface area contributed by atoms with Crippen LogP contribution in [-0.2, 0) is 4.79 Å². The van der Waals surface area contributed by atoms with Crippen LogP contribution < -0.4 is 0 Å². The minimum atomic E-state index is -0.751. The van der Waals surface area contributed by atoms with Gasteiger partial charge in [-0.2, -0.15) is 0 Å². The number of carbonyl (C=O) groups is 2. The molecule has 2 amide bonds. The molecule has 5 nitrogen and oxygen atoms in total. The first-order chi connectivity index (χ1) is 9.04. The summed E-state index contributed by atoms with van der Waals surface area (Å²) in [6, 6.07) is 0.424. The molecule has 5 heteroatoms. The maximum absolute atomic E-state index is 12.4. The zero-order valence-corrected chi connectivity index (χ0v) is 11.9. The summed E-state index contributed by atoms with van der Waals surface area (Å²) in [5.41, 5.74) is -0.715. The summed E-state index contributed by atoms with van der Waals surface area (Å²) in [5, 5.41) is 9.46. The number of hydrogen-bond donors (Lipinski definition) is 1. The SMILES string of the molecule is CCCC1(C(=O)O)CCN(C(=O)N(CC)C2CC2)C1. The third-order valence-corrected chi connectivity index (χ3v) is 4.38. The molecule has 1 unspecified atom stereocenters. The molecule has 2 aliphatic rings. The molecule has 2 rings (SSSR count). The monoisotopic (exact) mass is 268 g/mol. The first-order valence-electron chi connectivity index (χ1n) is 7.33. The van der Waals surface area contributed by atoms with E-state index < -0.39 is 11.4 Å². The molecule has 0 aromatic carbocycles. The Morgan fingerprint density at radius 2 is 2.05 bits per heavy atom. The lowest BCUT2D eigenvalue weighted by Gasteiger charge is -2.29. The fourth-order valence-electron chi connectivity index (χ4n) is 3.12. The minimum absolute atomic E-state index is 0.0317. The Balaban J connectivity index is 2.03. The largest absolute Gasteiger partial charge is 0.481 e.